The van der Waals surface area contributed by atoms with Crippen LogP contribution in [-0.4, -0.2) is 39.5 Å². The number of sulfonamides is 1. The summed E-state index contributed by atoms with van der Waals surface area (Å²) in [5.41, 5.74) is 0.511. The summed E-state index contributed by atoms with van der Waals surface area (Å²) in [5.74, 6) is -0.521. The van der Waals surface area contributed by atoms with Crippen LogP contribution in [0.4, 0.5) is 5.69 Å². The Labute approximate surface area is 170 Å². The molecule has 8 nitrogen and oxygen atoms in total. The molecule has 1 atom stereocenters. The number of carbonyl (C=O) groups excluding carboxylic acids is 2. The lowest BCUT2D eigenvalue weighted by Gasteiger charge is -2.15. The average Bonchev–Trinajstić information content (AvgIpc) is 2.67. The fourth-order valence-electron chi connectivity index (χ4n) is 2.33. The number of benzene rings is 2. The molecule has 156 valence electrons. The van der Waals surface area contributed by atoms with Gasteiger partial charge in [0.2, 0.25) is 0 Å². The number of esters is 1. The third kappa shape index (κ3) is 6.21. The smallest absolute Gasteiger partial charge is 0.338 e. The highest BCUT2D eigenvalue weighted by atomic mass is 32.2. The van der Waals surface area contributed by atoms with Crippen LogP contribution in [0.5, 0.6) is 5.75 Å². The molecule has 0 radical (unpaired) electrons. The van der Waals surface area contributed by atoms with Crippen molar-refractivity contribution in [2.45, 2.75) is 37.8 Å². The lowest BCUT2D eigenvalue weighted by Crippen LogP contribution is -2.39. The predicted octanol–water partition coefficient (Wildman–Crippen LogP) is 2.57. The van der Waals surface area contributed by atoms with Crippen molar-refractivity contribution < 1.29 is 27.5 Å². The van der Waals surface area contributed by atoms with E-state index in [1.54, 1.807) is 38.1 Å². The molecule has 9 heteroatoms. The monoisotopic (exact) mass is 420 g/mol. The van der Waals surface area contributed by atoms with Gasteiger partial charge in [-0.2, -0.15) is 0 Å². The second-order valence-corrected chi connectivity index (χ2v) is 8.25. The van der Waals surface area contributed by atoms with E-state index in [4.69, 9.17) is 9.47 Å². The molecule has 2 aromatic rings. The van der Waals surface area contributed by atoms with Gasteiger partial charge in [-0.25, -0.2) is 13.2 Å². The molecule has 0 heterocycles. The second kappa shape index (κ2) is 9.42. The summed E-state index contributed by atoms with van der Waals surface area (Å²) < 4.78 is 37.6. The minimum atomic E-state index is -3.83. The zero-order valence-electron chi connectivity index (χ0n) is 16.6. The van der Waals surface area contributed by atoms with Crippen LogP contribution in [0.2, 0.25) is 0 Å². The van der Waals surface area contributed by atoms with Crippen molar-refractivity contribution in [3.8, 4) is 5.75 Å². The van der Waals surface area contributed by atoms with E-state index in [2.05, 4.69) is 10.0 Å². The first-order valence-corrected chi connectivity index (χ1v) is 10.4. The topological polar surface area (TPSA) is 111 Å². The Morgan fingerprint density at radius 2 is 1.52 bits per heavy atom. The first-order chi connectivity index (χ1) is 13.6. The molecular formula is C20H24N2O6S. The van der Waals surface area contributed by atoms with Crippen molar-refractivity contribution in [2.75, 3.05) is 11.8 Å². The highest BCUT2D eigenvalue weighted by Crippen LogP contribution is 2.20. The minimum absolute atomic E-state index is 0.0181. The summed E-state index contributed by atoms with van der Waals surface area (Å²) in [6.07, 6.45) is -0.968. The second-order valence-electron chi connectivity index (χ2n) is 6.57. The lowest BCUT2D eigenvalue weighted by atomic mass is 10.2. The zero-order chi connectivity index (χ0) is 21.6. The van der Waals surface area contributed by atoms with E-state index >= 15 is 0 Å². The Morgan fingerprint density at radius 3 is 2.03 bits per heavy atom. The number of anilines is 1. The number of ether oxygens (including phenoxy) is 2. The number of carbonyl (C=O) groups is 2. The lowest BCUT2D eigenvalue weighted by molar-refractivity contribution is -0.129. The maximum Gasteiger partial charge on any atom is 0.338 e. The maximum absolute atomic E-state index is 12.5. The SMILES string of the molecule is COc1ccc(NS(=O)(=O)c2ccc(C(=O)O[C@@H](C)C(=O)NC(C)C)cc2)cc1. The first-order valence-electron chi connectivity index (χ1n) is 8.90. The van der Waals surface area contributed by atoms with Gasteiger partial charge in [-0.05, 0) is 69.3 Å². The van der Waals surface area contributed by atoms with E-state index in [0.29, 0.717) is 11.4 Å². The summed E-state index contributed by atoms with van der Waals surface area (Å²) >= 11 is 0. The molecule has 0 saturated carbocycles. The van der Waals surface area contributed by atoms with Crippen molar-refractivity contribution in [1.82, 2.24) is 5.32 Å². The summed E-state index contributed by atoms with van der Waals surface area (Å²) in [6.45, 7) is 5.06. The van der Waals surface area contributed by atoms with Crippen molar-refractivity contribution in [3.63, 3.8) is 0 Å². The highest BCUT2D eigenvalue weighted by molar-refractivity contribution is 7.92. The van der Waals surface area contributed by atoms with Gasteiger partial charge in [0.15, 0.2) is 6.10 Å². The van der Waals surface area contributed by atoms with Crippen molar-refractivity contribution in [1.29, 1.82) is 0 Å². The molecule has 2 aromatic carbocycles. The first kappa shape index (κ1) is 22.2. The van der Waals surface area contributed by atoms with Crippen LogP contribution in [-0.2, 0) is 19.6 Å². The van der Waals surface area contributed by atoms with Crippen molar-refractivity contribution in [2.24, 2.45) is 0 Å². The van der Waals surface area contributed by atoms with Gasteiger partial charge in [-0.1, -0.05) is 0 Å². The molecule has 0 unspecified atom stereocenters. The fourth-order valence-corrected chi connectivity index (χ4v) is 3.39. The van der Waals surface area contributed by atoms with Gasteiger partial charge in [0.1, 0.15) is 5.75 Å². The number of methoxy groups -OCH3 is 1. The number of amides is 1. The van der Waals surface area contributed by atoms with Crippen LogP contribution in [0.25, 0.3) is 0 Å². The van der Waals surface area contributed by atoms with Crippen LogP contribution in [0.1, 0.15) is 31.1 Å². The van der Waals surface area contributed by atoms with Gasteiger partial charge in [0.25, 0.3) is 15.9 Å². The van der Waals surface area contributed by atoms with E-state index < -0.39 is 28.0 Å². The van der Waals surface area contributed by atoms with Gasteiger partial charge in [-0.3, -0.25) is 9.52 Å². The van der Waals surface area contributed by atoms with Gasteiger partial charge in [0, 0.05) is 11.7 Å². The minimum Gasteiger partial charge on any atom is -0.497 e. The van der Waals surface area contributed by atoms with Gasteiger partial charge in [-0.15, -0.1) is 0 Å². The molecule has 0 spiro atoms. The molecule has 2 N–H and O–H groups in total. The quantitative estimate of drug-likeness (QED) is 0.635. The predicted molar refractivity (Wildman–Crippen MR) is 108 cm³/mol. The summed E-state index contributed by atoms with van der Waals surface area (Å²) in [5, 5.41) is 2.65. The Hall–Kier alpha value is -3.07. The van der Waals surface area contributed by atoms with E-state index in [-0.39, 0.29) is 16.5 Å². The van der Waals surface area contributed by atoms with Crippen LogP contribution >= 0.6 is 0 Å². The summed E-state index contributed by atoms with van der Waals surface area (Å²) in [6, 6.07) is 11.6. The number of rotatable bonds is 8. The molecule has 0 aliphatic carbocycles. The average molecular weight is 420 g/mol. The van der Waals surface area contributed by atoms with E-state index in [9.17, 15) is 18.0 Å². The van der Waals surface area contributed by atoms with Crippen molar-refractivity contribution >= 4 is 27.6 Å². The number of nitrogens with one attached hydrogen (secondary N) is 2. The third-order valence-corrected chi connectivity index (χ3v) is 5.22. The van der Waals surface area contributed by atoms with Crippen LogP contribution < -0.4 is 14.8 Å². The normalized spacial score (nSPS) is 12.2. The Kier molecular flexibility index (Phi) is 7.22. The molecule has 2 rings (SSSR count). The van der Waals surface area contributed by atoms with Crippen LogP contribution in [0, 0.1) is 0 Å². The Morgan fingerprint density at radius 1 is 0.931 bits per heavy atom. The molecule has 29 heavy (non-hydrogen) atoms. The van der Waals surface area contributed by atoms with E-state index in [0.717, 1.165) is 0 Å². The zero-order valence-corrected chi connectivity index (χ0v) is 17.4. The van der Waals surface area contributed by atoms with Crippen LogP contribution in [0.3, 0.4) is 0 Å². The molecule has 0 aromatic heterocycles. The maximum atomic E-state index is 12.5. The molecule has 0 fully saturated rings. The molecular weight excluding hydrogens is 396 g/mol. The summed E-state index contributed by atoms with van der Waals surface area (Å²) in [7, 11) is -2.32. The Bertz CT molecular complexity index is 953. The molecule has 0 saturated heterocycles. The molecule has 0 bridgehead atoms. The third-order valence-electron chi connectivity index (χ3n) is 3.83. The molecule has 1 amide bonds. The van der Waals surface area contributed by atoms with Gasteiger partial charge in [0.05, 0.1) is 17.6 Å². The van der Waals surface area contributed by atoms with Crippen LogP contribution in [0.15, 0.2) is 53.4 Å². The number of hydrogen-bond donors (Lipinski definition) is 2. The Balaban J connectivity index is 2.05. The molecule has 0 aliphatic rings. The highest BCUT2D eigenvalue weighted by Gasteiger charge is 2.20. The van der Waals surface area contributed by atoms with E-state index in [1.807, 2.05) is 0 Å². The number of hydrogen-bond acceptors (Lipinski definition) is 6. The fraction of sp³-hybridized carbons (Fsp3) is 0.300. The van der Waals surface area contributed by atoms with Gasteiger partial charge >= 0.3 is 5.97 Å². The van der Waals surface area contributed by atoms with Crippen molar-refractivity contribution in [3.05, 3.63) is 54.1 Å². The molecule has 0 aliphatic heterocycles. The standard InChI is InChI=1S/C20H24N2O6S/c1-13(2)21-19(23)14(3)28-20(24)15-5-11-18(12-6-15)29(25,26)22-16-7-9-17(27-4)10-8-16/h5-14,22H,1-4H3,(H,21,23)/t14-/m0/s1. The largest absolute Gasteiger partial charge is 0.497 e. The van der Waals surface area contributed by atoms with E-state index in [1.165, 1.54) is 38.3 Å². The van der Waals surface area contributed by atoms with Gasteiger partial charge < -0.3 is 14.8 Å². The summed E-state index contributed by atoms with van der Waals surface area (Å²) in [4.78, 5) is 24.0.